The Balaban J connectivity index is 1.57. The van der Waals surface area contributed by atoms with Gasteiger partial charge < -0.3 is 20.5 Å². The molecule has 2 aromatic carbocycles. The first kappa shape index (κ1) is 19.8. The largest absolute Gasteiger partial charge is 0.506 e. The van der Waals surface area contributed by atoms with Crippen LogP contribution in [0.5, 0.6) is 5.75 Å². The zero-order valence-corrected chi connectivity index (χ0v) is 15.7. The lowest BCUT2D eigenvalue weighted by Crippen LogP contribution is -2.24. The number of aromatic amines is 1. The summed E-state index contributed by atoms with van der Waals surface area (Å²) in [5.41, 5.74) is 2.83. The van der Waals surface area contributed by atoms with Crippen LogP contribution < -0.4 is 10.9 Å². The zero-order chi connectivity index (χ0) is 20.1. The Labute approximate surface area is 162 Å². The number of carbonyl (C=O) groups is 1. The Morgan fingerprint density at radius 2 is 1.79 bits per heavy atom. The van der Waals surface area contributed by atoms with Crippen molar-refractivity contribution in [2.45, 2.75) is 25.9 Å². The lowest BCUT2D eigenvalue weighted by Gasteiger charge is -2.15. The van der Waals surface area contributed by atoms with Gasteiger partial charge >= 0.3 is 0 Å². The molecule has 0 radical (unpaired) electrons. The maximum atomic E-state index is 11.5. The predicted molar refractivity (Wildman–Crippen MR) is 109 cm³/mol. The van der Waals surface area contributed by atoms with Crippen LogP contribution in [0.15, 0.2) is 53.3 Å². The maximum absolute atomic E-state index is 11.5. The molecule has 0 fully saturated rings. The number of phenolic OH excluding ortho intramolecular Hbond substituents is 1. The van der Waals surface area contributed by atoms with Crippen molar-refractivity contribution in [3.05, 3.63) is 75.6 Å². The number of H-pyrrole nitrogens is 1. The Morgan fingerprint density at radius 1 is 1.07 bits per heavy atom. The van der Waals surface area contributed by atoms with Crippen molar-refractivity contribution in [1.29, 1.82) is 0 Å². The summed E-state index contributed by atoms with van der Waals surface area (Å²) in [7, 11) is 0. The van der Waals surface area contributed by atoms with E-state index in [1.165, 1.54) is 12.1 Å². The lowest BCUT2D eigenvalue weighted by molar-refractivity contribution is -0.116. The van der Waals surface area contributed by atoms with E-state index < -0.39 is 6.10 Å². The summed E-state index contributed by atoms with van der Waals surface area (Å²) in [5.74, 6) is 0.124. The van der Waals surface area contributed by atoms with Crippen molar-refractivity contribution in [3.63, 3.8) is 0 Å². The number of aliphatic hydroxyl groups excluding tert-OH is 1. The number of aliphatic hydroxyl groups is 1. The number of carbonyl (C=O) groups excluding carboxylic acids is 1. The molecule has 0 aliphatic carbocycles. The molecule has 4 N–H and O–H groups in total. The van der Waals surface area contributed by atoms with Crippen molar-refractivity contribution in [3.8, 4) is 5.75 Å². The summed E-state index contributed by atoms with van der Waals surface area (Å²) < 4.78 is 0. The van der Waals surface area contributed by atoms with Crippen LogP contribution in [0.1, 0.15) is 29.7 Å². The van der Waals surface area contributed by atoms with Crippen molar-refractivity contribution in [2.75, 3.05) is 13.1 Å². The zero-order valence-electron chi connectivity index (χ0n) is 15.7. The third-order valence-corrected chi connectivity index (χ3v) is 4.67. The summed E-state index contributed by atoms with van der Waals surface area (Å²) in [6, 6.07) is 14.1. The number of aromatic nitrogens is 1. The monoisotopic (exact) mass is 380 g/mol. The lowest BCUT2D eigenvalue weighted by atomic mass is 10.0. The van der Waals surface area contributed by atoms with E-state index in [1.807, 2.05) is 24.3 Å². The molecule has 3 rings (SSSR count). The van der Waals surface area contributed by atoms with Gasteiger partial charge in [0.2, 0.25) is 5.56 Å². The third-order valence-electron chi connectivity index (χ3n) is 4.67. The van der Waals surface area contributed by atoms with E-state index in [1.54, 1.807) is 19.1 Å². The van der Waals surface area contributed by atoms with Gasteiger partial charge in [-0.2, -0.15) is 0 Å². The highest BCUT2D eigenvalue weighted by Gasteiger charge is 2.13. The van der Waals surface area contributed by atoms with Crippen LogP contribution in [-0.2, 0) is 17.6 Å². The van der Waals surface area contributed by atoms with Crippen molar-refractivity contribution >= 4 is 16.7 Å². The van der Waals surface area contributed by atoms with E-state index in [2.05, 4.69) is 10.3 Å². The summed E-state index contributed by atoms with van der Waals surface area (Å²) in [5, 5.41) is 24.3. The molecule has 0 amide bonds. The molecule has 0 aliphatic heterocycles. The first-order chi connectivity index (χ1) is 13.4. The molecule has 0 unspecified atom stereocenters. The first-order valence-corrected chi connectivity index (χ1v) is 9.25. The topological polar surface area (TPSA) is 102 Å². The number of aromatic hydroxyl groups is 1. The number of ketones is 1. The standard InChI is InChI=1S/C22H24N2O4/c1-14(25)12-16-4-2-15(3-5-16)10-11-23-13-20(27)17-6-8-19(26)22-18(17)7-9-21(28)24-22/h2-9,20,23,26-27H,10-13H2,1H3,(H,24,28)/t20-/m0/s1. The Bertz CT molecular complexity index is 1020. The number of rotatable bonds is 8. The highest BCUT2D eigenvalue weighted by molar-refractivity contribution is 5.87. The molecule has 3 aromatic rings. The van der Waals surface area contributed by atoms with Crippen molar-refractivity contribution in [2.24, 2.45) is 0 Å². The van der Waals surface area contributed by atoms with Gasteiger partial charge in [-0.1, -0.05) is 30.3 Å². The van der Waals surface area contributed by atoms with Gasteiger partial charge in [-0.05, 0) is 48.7 Å². The average Bonchev–Trinajstić information content (AvgIpc) is 2.66. The third kappa shape index (κ3) is 4.85. The second-order valence-electron chi connectivity index (χ2n) is 6.95. The molecule has 0 aliphatic rings. The molecular weight excluding hydrogens is 356 g/mol. The number of nitrogens with one attached hydrogen (secondary N) is 2. The molecule has 0 saturated heterocycles. The summed E-state index contributed by atoms with van der Waals surface area (Å²) in [6.07, 6.45) is 0.486. The van der Waals surface area contributed by atoms with Crippen LogP contribution >= 0.6 is 0 Å². The molecule has 6 nitrogen and oxygen atoms in total. The number of fused-ring (bicyclic) bond motifs is 1. The average molecular weight is 380 g/mol. The molecule has 0 spiro atoms. The minimum Gasteiger partial charge on any atom is -0.506 e. The highest BCUT2D eigenvalue weighted by atomic mass is 16.3. The van der Waals surface area contributed by atoms with Gasteiger partial charge in [-0.25, -0.2) is 0 Å². The number of pyridine rings is 1. The van der Waals surface area contributed by atoms with Crippen LogP contribution in [0, 0.1) is 0 Å². The van der Waals surface area contributed by atoms with E-state index in [4.69, 9.17) is 0 Å². The minimum atomic E-state index is -0.771. The number of Topliss-reactive ketones (excluding diaryl/α,β-unsaturated/α-hetero) is 1. The van der Waals surface area contributed by atoms with Crippen LogP contribution in [-0.4, -0.2) is 34.1 Å². The molecular formula is C22H24N2O4. The van der Waals surface area contributed by atoms with Crippen LogP contribution in [0.4, 0.5) is 0 Å². The number of hydrogen-bond acceptors (Lipinski definition) is 5. The van der Waals surface area contributed by atoms with Crippen molar-refractivity contribution in [1.82, 2.24) is 10.3 Å². The smallest absolute Gasteiger partial charge is 0.248 e. The molecule has 0 saturated carbocycles. The molecule has 146 valence electrons. The number of hydrogen-bond donors (Lipinski definition) is 4. The first-order valence-electron chi connectivity index (χ1n) is 9.25. The normalized spacial score (nSPS) is 12.2. The fraction of sp³-hybridized carbons (Fsp3) is 0.273. The maximum Gasteiger partial charge on any atom is 0.248 e. The Hall–Kier alpha value is -2.96. The number of benzene rings is 2. The molecule has 6 heteroatoms. The van der Waals surface area contributed by atoms with Gasteiger partial charge in [0.05, 0.1) is 11.6 Å². The van der Waals surface area contributed by atoms with Gasteiger partial charge in [0.15, 0.2) is 0 Å². The van der Waals surface area contributed by atoms with E-state index >= 15 is 0 Å². The minimum absolute atomic E-state index is 0.0233. The molecule has 1 heterocycles. The molecule has 1 atom stereocenters. The summed E-state index contributed by atoms with van der Waals surface area (Å²) in [4.78, 5) is 25.2. The van der Waals surface area contributed by atoms with Gasteiger partial charge in [-0.15, -0.1) is 0 Å². The van der Waals surface area contributed by atoms with E-state index in [9.17, 15) is 19.8 Å². The van der Waals surface area contributed by atoms with Gasteiger partial charge in [-0.3, -0.25) is 9.59 Å². The van der Waals surface area contributed by atoms with Gasteiger partial charge in [0, 0.05) is 24.4 Å². The highest BCUT2D eigenvalue weighted by Crippen LogP contribution is 2.28. The van der Waals surface area contributed by atoms with Crippen LogP contribution in [0.25, 0.3) is 10.9 Å². The SMILES string of the molecule is CC(=O)Cc1ccc(CCNC[C@H](O)c2ccc(O)c3[nH]c(=O)ccc23)cc1. The Kier molecular flexibility index (Phi) is 6.23. The fourth-order valence-corrected chi connectivity index (χ4v) is 3.24. The van der Waals surface area contributed by atoms with Gasteiger partial charge in [0.1, 0.15) is 11.5 Å². The van der Waals surface area contributed by atoms with E-state index in [-0.39, 0.29) is 17.1 Å². The number of phenols is 1. The summed E-state index contributed by atoms with van der Waals surface area (Å²) >= 11 is 0. The molecule has 28 heavy (non-hydrogen) atoms. The Morgan fingerprint density at radius 3 is 2.50 bits per heavy atom. The van der Waals surface area contributed by atoms with Gasteiger partial charge in [0.25, 0.3) is 0 Å². The fourth-order valence-electron chi connectivity index (χ4n) is 3.24. The second kappa shape index (κ2) is 8.82. The van der Waals surface area contributed by atoms with E-state index in [0.29, 0.717) is 36.0 Å². The van der Waals surface area contributed by atoms with Crippen molar-refractivity contribution < 1.29 is 15.0 Å². The second-order valence-corrected chi connectivity index (χ2v) is 6.95. The van der Waals surface area contributed by atoms with Crippen LogP contribution in [0.3, 0.4) is 0 Å². The molecule has 1 aromatic heterocycles. The molecule has 0 bridgehead atoms. The summed E-state index contributed by atoms with van der Waals surface area (Å²) in [6.45, 7) is 2.62. The van der Waals surface area contributed by atoms with E-state index in [0.717, 1.165) is 17.5 Å². The quantitative estimate of drug-likeness (QED) is 0.449. The predicted octanol–water partition coefficient (Wildman–Crippen LogP) is 2.23. The van der Waals surface area contributed by atoms with Crippen LogP contribution in [0.2, 0.25) is 0 Å².